The lowest BCUT2D eigenvalue weighted by atomic mass is 10.1. The fourth-order valence-electron chi connectivity index (χ4n) is 2.43. The molecule has 3 heteroatoms. The fourth-order valence-corrected chi connectivity index (χ4v) is 2.84. The molecule has 0 heterocycles. The number of hydrogen-bond donors (Lipinski definition) is 1. The van der Waals surface area contributed by atoms with E-state index in [1.807, 2.05) is 0 Å². The fraction of sp³-hybridized carbons (Fsp3) is 0.400. The Hall–Kier alpha value is -0.0500. The van der Waals surface area contributed by atoms with Gasteiger partial charge in [0, 0.05) is 16.4 Å². The highest BCUT2D eigenvalue weighted by molar-refractivity contribution is 9.10. The normalized spacial score (nSPS) is 33.2. The van der Waals surface area contributed by atoms with Crippen LogP contribution in [0.25, 0.3) is 0 Å². The number of nitrogens with two attached hydrogens (primary N) is 1. The monoisotopic (exact) mass is 259 g/mol. The summed E-state index contributed by atoms with van der Waals surface area (Å²) in [5.74, 6) is 1.45. The number of hydrogen-bond acceptors (Lipinski definition) is 1. The Morgan fingerprint density at radius 1 is 1.38 bits per heavy atom. The van der Waals surface area contributed by atoms with E-state index < -0.39 is 0 Å². The Labute approximate surface area is 92.2 Å². The van der Waals surface area contributed by atoms with E-state index in [0.29, 0.717) is 12.0 Å². The van der Waals surface area contributed by atoms with E-state index in [1.165, 1.54) is 22.0 Å². The van der Waals surface area contributed by atoms with Crippen molar-refractivity contribution in [2.75, 3.05) is 0 Å². The van der Waals surface area contributed by atoms with E-state index in [2.05, 4.69) is 34.1 Å². The van der Waals surface area contributed by atoms with E-state index in [0.717, 1.165) is 5.92 Å². The molecule has 1 fully saturated rings. The van der Waals surface area contributed by atoms with Crippen LogP contribution in [0.2, 0.25) is 0 Å². The summed E-state index contributed by atoms with van der Waals surface area (Å²) < 4.78 is 1.19. The van der Waals surface area contributed by atoms with Crippen LogP contribution in [0.1, 0.15) is 17.0 Å². The van der Waals surface area contributed by atoms with Crippen LogP contribution in [0.4, 0.5) is 0 Å². The minimum absolute atomic E-state index is 0. The maximum absolute atomic E-state index is 5.91. The van der Waals surface area contributed by atoms with Gasteiger partial charge in [-0.15, -0.1) is 12.4 Å². The van der Waals surface area contributed by atoms with Gasteiger partial charge in [0.25, 0.3) is 0 Å². The van der Waals surface area contributed by atoms with Crippen LogP contribution >= 0.6 is 28.3 Å². The van der Waals surface area contributed by atoms with E-state index in [9.17, 15) is 0 Å². The first-order valence-corrected chi connectivity index (χ1v) is 5.10. The molecule has 1 aromatic rings. The Kier molecular flexibility index (Phi) is 2.17. The zero-order chi connectivity index (χ0) is 8.29. The molecule has 0 aliphatic heterocycles. The van der Waals surface area contributed by atoms with Gasteiger partial charge < -0.3 is 5.73 Å². The molecule has 3 unspecified atom stereocenters. The van der Waals surface area contributed by atoms with Crippen molar-refractivity contribution in [3.63, 3.8) is 0 Å². The summed E-state index contributed by atoms with van der Waals surface area (Å²) >= 11 is 3.48. The molecule has 1 saturated carbocycles. The third-order valence-corrected chi connectivity index (χ3v) is 3.64. The highest BCUT2D eigenvalue weighted by atomic mass is 79.9. The highest BCUT2D eigenvalue weighted by Crippen LogP contribution is 2.55. The molecular formula is C10H11BrClN. The topological polar surface area (TPSA) is 26.0 Å². The lowest BCUT2D eigenvalue weighted by molar-refractivity contribution is 0.801. The van der Waals surface area contributed by atoms with Crippen molar-refractivity contribution in [3.8, 4) is 0 Å². The van der Waals surface area contributed by atoms with Crippen LogP contribution in [-0.4, -0.2) is 6.04 Å². The quantitative estimate of drug-likeness (QED) is 0.762. The smallest absolute Gasteiger partial charge is 0.0178 e. The molecule has 1 aromatic carbocycles. The Morgan fingerprint density at radius 2 is 2.15 bits per heavy atom. The molecule has 70 valence electrons. The minimum Gasteiger partial charge on any atom is -0.327 e. The van der Waals surface area contributed by atoms with E-state index in [1.54, 1.807) is 0 Å². The molecule has 0 amide bonds. The van der Waals surface area contributed by atoms with Crippen molar-refractivity contribution in [2.24, 2.45) is 11.7 Å². The molecule has 3 atom stereocenters. The average Bonchev–Trinajstić information content (AvgIpc) is 2.57. The molecular weight excluding hydrogens is 249 g/mol. The third-order valence-electron chi connectivity index (χ3n) is 3.15. The summed E-state index contributed by atoms with van der Waals surface area (Å²) in [6.07, 6.45) is 1.20. The largest absolute Gasteiger partial charge is 0.327 e. The molecule has 0 bridgehead atoms. The van der Waals surface area contributed by atoms with Gasteiger partial charge in [0.15, 0.2) is 0 Å². The SMILES string of the molecule is Cl.NC1C2Cc3cc(Br)ccc3C12. The van der Waals surface area contributed by atoms with Crippen LogP contribution in [0.3, 0.4) is 0 Å². The summed E-state index contributed by atoms with van der Waals surface area (Å²) in [6.45, 7) is 0. The number of rotatable bonds is 0. The second-order valence-electron chi connectivity index (χ2n) is 3.81. The minimum atomic E-state index is 0. The van der Waals surface area contributed by atoms with Crippen molar-refractivity contribution in [2.45, 2.75) is 18.4 Å². The molecule has 2 aliphatic rings. The zero-order valence-electron chi connectivity index (χ0n) is 7.03. The molecule has 0 aromatic heterocycles. The van der Waals surface area contributed by atoms with Crippen LogP contribution in [0.5, 0.6) is 0 Å². The molecule has 3 rings (SSSR count). The van der Waals surface area contributed by atoms with Gasteiger partial charge in [-0.2, -0.15) is 0 Å². The second kappa shape index (κ2) is 2.97. The number of halogens is 2. The van der Waals surface area contributed by atoms with Crippen molar-refractivity contribution in [1.82, 2.24) is 0 Å². The average molecular weight is 261 g/mol. The zero-order valence-corrected chi connectivity index (χ0v) is 9.44. The summed E-state index contributed by atoms with van der Waals surface area (Å²) in [7, 11) is 0. The highest BCUT2D eigenvalue weighted by Gasteiger charge is 2.53. The third kappa shape index (κ3) is 1.24. The first kappa shape index (κ1) is 9.50. The van der Waals surface area contributed by atoms with Gasteiger partial charge in [-0.05, 0) is 35.6 Å². The summed E-state index contributed by atoms with van der Waals surface area (Å²) in [5.41, 5.74) is 8.91. The Bertz CT molecular complexity index is 353. The summed E-state index contributed by atoms with van der Waals surface area (Å²) in [5, 5.41) is 0. The van der Waals surface area contributed by atoms with Gasteiger partial charge in [0.05, 0.1) is 0 Å². The first-order valence-electron chi connectivity index (χ1n) is 4.31. The van der Waals surface area contributed by atoms with Crippen LogP contribution in [0, 0.1) is 5.92 Å². The number of fused-ring (bicyclic) bond motifs is 3. The van der Waals surface area contributed by atoms with Crippen LogP contribution < -0.4 is 5.73 Å². The molecule has 1 nitrogen and oxygen atoms in total. The molecule has 2 N–H and O–H groups in total. The molecule has 0 saturated heterocycles. The Balaban J connectivity index is 0.000000653. The predicted molar refractivity (Wildman–Crippen MR) is 59.3 cm³/mol. The molecule has 0 radical (unpaired) electrons. The van der Waals surface area contributed by atoms with E-state index in [4.69, 9.17) is 5.73 Å². The maximum atomic E-state index is 5.91. The van der Waals surface area contributed by atoms with E-state index in [-0.39, 0.29) is 12.4 Å². The lowest BCUT2D eigenvalue weighted by Gasteiger charge is -2.04. The lowest BCUT2D eigenvalue weighted by Crippen LogP contribution is -2.08. The molecule has 13 heavy (non-hydrogen) atoms. The second-order valence-corrected chi connectivity index (χ2v) is 4.73. The predicted octanol–water partition coefficient (Wildman–Crippen LogP) is 2.47. The van der Waals surface area contributed by atoms with Gasteiger partial charge >= 0.3 is 0 Å². The van der Waals surface area contributed by atoms with Crippen molar-refractivity contribution >= 4 is 28.3 Å². The summed E-state index contributed by atoms with van der Waals surface area (Å²) in [6, 6.07) is 7.02. The Morgan fingerprint density at radius 3 is 2.92 bits per heavy atom. The van der Waals surface area contributed by atoms with Crippen molar-refractivity contribution in [3.05, 3.63) is 33.8 Å². The molecule has 0 spiro atoms. The van der Waals surface area contributed by atoms with Gasteiger partial charge in [0.1, 0.15) is 0 Å². The van der Waals surface area contributed by atoms with Gasteiger partial charge in [-0.1, -0.05) is 22.0 Å². The van der Waals surface area contributed by atoms with Crippen molar-refractivity contribution < 1.29 is 0 Å². The van der Waals surface area contributed by atoms with Crippen LogP contribution in [-0.2, 0) is 6.42 Å². The molecule has 2 aliphatic carbocycles. The van der Waals surface area contributed by atoms with Crippen molar-refractivity contribution in [1.29, 1.82) is 0 Å². The van der Waals surface area contributed by atoms with Gasteiger partial charge in [-0.25, -0.2) is 0 Å². The number of benzene rings is 1. The summed E-state index contributed by atoms with van der Waals surface area (Å²) in [4.78, 5) is 0. The first-order chi connectivity index (χ1) is 5.77. The maximum Gasteiger partial charge on any atom is 0.0178 e. The van der Waals surface area contributed by atoms with Crippen LogP contribution in [0.15, 0.2) is 22.7 Å². The van der Waals surface area contributed by atoms with Gasteiger partial charge in [0.2, 0.25) is 0 Å². The van der Waals surface area contributed by atoms with E-state index >= 15 is 0 Å². The standard InChI is InChI=1S/C10H10BrN.ClH/c11-6-1-2-7-5(3-6)4-8-9(7)10(8)12;/h1-3,8-10H,4,12H2;1H. The van der Waals surface area contributed by atoms with Gasteiger partial charge in [-0.3, -0.25) is 0 Å².